The fourth-order valence-electron chi connectivity index (χ4n) is 1.96. The molecule has 2 aromatic rings. The first-order chi connectivity index (χ1) is 10.5. The second-order valence-electron chi connectivity index (χ2n) is 5.47. The SMILES string of the molecule is CCC(C)CN([O-])c1ccc(Oc2cc(N)ccc2N)cc1. The van der Waals surface area contributed by atoms with E-state index >= 15 is 0 Å². The molecular formula is C17H22N3O2-. The maximum Gasteiger partial charge on any atom is 0.152 e. The van der Waals surface area contributed by atoms with E-state index in [1.165, 1.54) is 0 Å². The number of nitrogens with two attached hydrogens (primary N) is 2. The summed E-state index contributed by atoms with van der Waals surface area (Å²) in [7, 11) is 0. The van der Waals surface area contributed by atoms with Crippen LogP contribution in [0.25, 0.3) is 0 Å². The summed E-state index contributed by atoms with van der Waals surface area (Å²) in [5.41, 5.74) is 13.3. The molecule has 0 saturated carbocycles. The zero-order chi connectivity index (χ0) is 16.1. The average Bonchev–Trinajstić information content (AvgIpc) is 2.51. The number of rotatable bonds is 6. The van der Waals surface area contributed by atoms with E-state index in [2.05, 4.69) is 13.8 Å². The summed E-state index contributed by atoms with van der Waals surface area (Å²) in [4.78, 5) is 0. The number of nitrogen functional groups attached to an aromatic ring is 2. The van der Waals surface area contributed by atoms with Crippen LogP contribution in [0.4, 0.5) is 17.1 Å². The molecule has 1 atom stereocenters. The number of hydrogen-bond acceptors (Lipinski definition) is 5. The molecule has 2 rings (SSSR count). The number of anilines is 3. The number of nitrogens with zero attached hydrogens (tertiary/aromatic N) is 1. The monoisotopic (exact) mass is 300 g/mol. The molecule has 2 aromatic carbocycles. The first-order valence-electron chi connectivity index (χ1n) is 7.37. The maximum absolute atomic E-state index is 12.0. The maximum atomic E-state index is 12.0. The second-order valence-corrected chi connectivity index (χ2v) is 5.47. The Balaban J connectivity index is 2.07. The molecule has 0 aromatic heterocycles. The lowest BCUT2D eigenvalue weighted by Crippen LogP contribution is -2.21. The van der Waals surface area contributed by atoms with Gasteiger partial charge in [0.05, 0.1) is 5.69 Å². The highest BCUT2D eigenvalue weighted by molar-refractivity contribution is 5.61. The highest BCUT2D eigenvalue weighted by Gasteiger charge is 2.05. The first kappa shape index (κ1) is 16.0. The Morgan fingerprint density at radius 2 is 1.82 bits per heavy atom. The molecule has 118 valence electrons. The van der Waals surface area contributed by atoms with Crippen LogP contribution in [0.3, 0.4) is 0 Å². The summed E-state index contributed by atoms with van der Waals surface area (Å²) < 4.78 is 5.70. The van der Waals surface area contributed by atoms with Gasteiger partial charge in [-0.3, -0.25) is 0 Å². The average molecular weight is 300 g/mol. The van der Waals surface area contributed by atoms with Gasteiger partial charge in [0.15, 0.2) is 5.75 Å². The molecule has 5 nitrogen and oxygen atoms in total. The van der Waals surface area contributed by atoms with Gasteiger partial charge in [0.1, 0.15) is 5.75 Å². The summed E-state index contributed by atoms with van der Waals surface area (Å²) in [5, 5.41) is 13.0. The predicted molar refractivity (Wildman–Crippen MR) is 92.0 cm³/mol. The van der Waals surface area contributed by atoms with Crippen LogP contribution in [0.1, 0.15) is 20.3 Å². The quantitative estimate of drug-likeness (QED) is 0.622. The molecule has 0 aliphatic heterocycles. The lowest BCUT2D eigenvalue weighted by atomic mass is 10.1. The molecule has 0 heterocycles. The van der Waals surface area contributed by atoms with Crippen LogP contribution in [0, 0.1) is 11.1 Å². The Labute approximate surface area is 131 Å². The minimum absolute atomic E-state index is 0.362. The third-order valence-corrected chi connectivity index (χ3v) is 3.56. The minimum Gasteiger partial charge on any atom is -0.758 e. The van der Waals surface area contributed by atoms with Crippen molar-refractivity contribution in [3.63, 3.8) is 0 Å². The van der Waals surface area contributed by atoms with Gasteiger partial charge in [-0.25, -0.2) is 0 Å². The molecule has 0 spiro atoms. The third kappa shape index (κ3) is 4.05. The fraction of sp³-hybridized carbons (Fsp3) is 0.294. The lowest BCUT2D eigenvalue weighted by Gasteiger charge is -2.33. The molecule has 22 heavy (non-hydrogen) atoms. The van der Waals surface area contributed by atoms with Crippen LogP contribution in [0.5, 0.6) is 11.5 Å². The molecule has 0 aliphatic carbocycles. The van der Waals surface area contributed by atoms with E-state index in [1.54, 1.807) is 42.5 Å². The number of hydrogen-bond donors (Lipinski definition) is 2. The Kier molecular flexibility index (Phi) is 5.12. The molecule has 0 bridgehead atoms. The van der Waals surface area contributed by atoms with Crippen LogP contribution in [-0.4, -0.2) is 6.54 Å². The van der Waals surface area contributed by atoms with Crippen LogP contribution >= 0.6 is 0 Å². The number of benzene rings is 2. The molecule has 1 unspecified atom stereocenters. The highest BCUT2D eigenvalue weighted by Crippen LogP contribution is 2.30. The predicted octanol–water partition coefficient (Wildman–Crippen LogP) is 3.99. The summed E-state index contributed by atoms with van der Waals surface area (Å²) in [6, 6.07) is 12.1. The Hall–Kier alpha value is -2.40. The van der Waals surface area contributed by atoms with Gasteiger partial charge in [0.25, 0.3) is 0 Å². The van der Waals surface area contributed by atoms with Gasteiger partial charge in [0.2, 0.25) is 0 Å². The van der Waals surface area contributed by atoms with Crippen molar-refractivity contribution >= 4 is 17.1 Å². The van der Waals surface area contributed by atoms with E-state index in [0.717, 1.165) is 11.5 Å². The van der Waals surface area contributed by atoms with Gasteiger partial charge in [0, 0.05) is 24.0 Å². The molecule has 0 radical (unpaired) electrons. The van der Waals surface area contributed by atoms with E-state index in [4.69, 9.17) is 16.2 Å². The van der Waals surface area contributed by atoms with Gasteiger partial charge < -0.3 is 26.5 Å². The van der Waals surface area contributed by atoms with E-state index in [1.807, 2.05) is 0 Å². The second kappa shape index (κ2) is 7.04. The normalized spacial score (nSPS) is 12.0. The first-order valence-corrected chi connectivity index (χ1v) is 7.37. The lowest BCUT2D eigenvalue weighted by molar-refractivity contribution is 0.485. The molecule has 0 aliphatic rings. The largest absolute Gasteiger partial charge is 0.758 e. The van der Waals surface area contributed by atoms with Crippen LogP contribution in [0.2, 0.25) is 0 Å². The third-order valence-electron chi connectivity index (χ3n) is 3.56. The topological polar surface area (TPSA) is 87.6 Å². The highest BCUT2D eigenvalue weighted by atomic mass is 16.5. The fourth-order valence-corrected chi connectivity index (χ4v) is 1.96. The van der Waals surface area contributed by atoms with Gasteiger partial charge in [-0.05, 0) is 42.3 Å². The van der Waals surface area contributed by atoms with Gasteiger partial charge in [-0.1, -0.05) is 20.3 Å². The van der Waals surface area contributed by atoms with Crippen molar-refractivity contribution in [2.75, 3.05) is 23.1 Å². The van der Waals surface area contributed by atoms with Crippen LogP contribution in [0.15, 0.2) is 42.5 Å². The van der Waals surface area contributed by atoms with Crippen molar-refractivity contribution in [1.82, 2.24) is 0 Å². The standard InChI is InChI=1S/C17H22N3O2/c1-3-12(2)11-20(21)14-5-7-15(8-6-14)22-17-10-13(18)4-9-16(17)19/h4-10,12H,3,11,18-19H2,1-2H3/q-1. The molecule has 0 fully saturated rings. The van der Waals surface area contributed by atoms with E-state index in [-0.39, 0.29) is 0 Å². The summed E-state index contributed by atoms with van der Waals surface area (Å²) in [5.74, 6) is 1.48. The molecule has 0 saturated heterocycles. The van der Waals surface area contributed by atoms with Gasteiger partial charge >= 0.3 is 0 Å². The molecule has 0 amide bonds. The Morgan fingerprint density at radius 1 is 1.14 bits per heavy atom. The zero-order valence-electron chi connectivity index (χ0n) is 13.0. The van der Waals surface area contributed by atoms with E-state index in [9.17, 15) is 5.21 Å². The van der Waals surface area contributed by atoms with Gasteiger partial charge in [-0.15, -0.1) is 0 Å². The Morgan fingerprint density at radius 3 is 2.45 bits per heavy atom. The summed E-state index contributed by atoms with van der Waals surface area (Å²) >= 11 is 0. The van der Waals surface area contributed by atoms with Crippen molar-refractivity contribution in [2.45, 2.75) is 20.3 Å². The van der Waals surface area contributed by atoms with Crippen molar-refractivity contribution in [1.29, 1.82) is 0 Å². The minimum atomic E-state index is 0.362. The van der Waals surface area contributed by atoms with Crippen molar-refractivity contribution in [2.24, 2.45) is 5.92 Å². The zero-order valence-corrected chi connectivity index (χ0v) is 13.0. The summed E-state index contributed by atoms with van der Waals surface area (Å²) in [6.45, 7) is 4.62. The Bertz CT molecular complexity index is 614. The van der Waals surface area contributed by atoms with Crippen molar-refractivity contribution in [3.05, 3.63) is 47.7 Å². The van der Waals surface area contributed by atoms with Gasteiger partial charge in [-0.2, -0.15) is 0 Å². The smallest absolute Gasteiger partial charge is 0.152 e. The molecule has 5 heteroatoms. The number of hydroxylamine groups is 1. The number of ether oxygens (including phenoxy) is 1. The van der Waals surface area contributed by atoms with Crippen molar-refractivity contribution < 1.29 is 4.74 Å². The molecule has 4 N–H and O–H groups in total. The van der Waals surface area contributed by atoms with E-state index < -0.39 is 0 Å². The summed E-state index contributed by atoms with van der Waals surface area (Å²) in [6.07, 6.45) is 0.981. The van der Waals surface area contributed by atoms with Crippen molar-refractivity contribution in [3.8, 4) is 11.5 Å². The van der Waals surface area contributed by atoms with Crippen LogP contribution in [-0.2, 0) is 0 Å². The van der Waals surface area contributed by atoms with E-state index in [0.29, 0.717) is 41.0 Å². The van der Waals surface area contributed by atoms with Crippen LogP contribution < -0.4 is 21.3 Å². The molecular weight excluding hydrogens is 278 g/mol.